The summed E-state index contributed by atoms with van der Waals surface area (Å²) in [5.74, 6) is -1.42. The SMILES string of the molecule is Cc1ccc(C(OC(F)F)C(=O)O)c(C)c1. The van der Waals surface area contributed by atoms with Crippen LogP contribution in [0.25, 0.3) is 0 Å². The zero-order valence-electron chi connectivity index (χ0n) is 8.91. The molecule has 5 heteroatoms. The molecule has 1 aromatic carbocycles. The molecule has 1 atom stereocenters. The van der Waals surface area contributed by atoms with Gasteiger partial charge in [0, 0.05) is 0 Å². The second-order valence-electron chi connectivity index (χ2n) is 3.48. The minimum absolute atomic E-state index is 0.249. The second kappa shape index (κ2) is 5.03. The molecule has 0 spiro atoms. The highest BCUT2D eigenvalue weighted by atomic mass is 19.3. The minimum Gasteiger partial charge on any atom is -0.479 e. The van der Waals surface area contributed by atoms with Gasteiger partial charge in [-0.2, -0.15) is 8.78 Å². The van der Waals surface area contributed by atoms with E-state index < -0.39 is 18.7 Å². The predicted octanol–water partition coefficient (Wildman–Crippen LogP) is 2.67. The van der Waals surface area contributed by atoms with Gasteiger partial charge in [0.15, 0.2) is 6.10 Å². The van der Waals surface area contributed by atoms with E-state index in [2.05, 4.69) is 4.74 Å². The number of rotatable bonds is 4. The van der Waals surface area contributed by atoms with E-state index in [1.807, 2.05) is 6.92 Å². The summed E-state index contributed by atoms with van der Waals surface area (Å²) in [5, 5.41) is 8.81. The van der Waals surface area contributed by atoms with Gasteiger partial charge in [0.2, 0.25) is 0 Å². The number of hydrogen-bond acceptors (Lipinski definition) is 2. The van der Waals surface area contributed by atoms with Crippen LogP contribution < -0.4 is 0 Å². The van der Waals surface area contributed by atoms with Crippen LogP contribution in [-0.4, -0.2) is 17.7 Å². The van der Waals surface area contributed by atoms with Gasteiger partial charge in [-0.25, -0.2) is 4.79 Å². The van der Waals surface area contributed by atoms with Gasteiger partial charge in [-0.1, -0.05) is 23.8 Å². The monoisotopic (exact) mass is 230 g/mol. The van der Waals surface area contributed by atoms with Crippen molar-refractivity contribution in [2.45, 2.75) is 26.6 Å². The zero-order valence-corrected chi connectivity index (χ0v) is 8.91. The average Bonchev–Trinajstić information content (AvgIpc) is 2.14. The summed E-state index contributed by atoms with van der Waals surface area (Å²) in [6, 6.07) is 4.87. The standard InChI is InChI=1S/C11H12F2O3/c1-6-3-4-8(7(2)5-6)9(10(14)15)16-11(12)13/h3-5,9,11H,1-2H3,(H,14,15). The van der Waals surface area contributed by atoms with Crippen molar-refractivity contribution >= 4 is 5.97 Å². The first-order valence-corrected chi connectivity index (χ1v) is 4.65. The van der Waals surface area contributed by atoms with E-state index in [1.165, 1.54) is 6.07 Å². The molecule has 0 saturated carbocycles. The predicted molar refractivity (Wildman–Crippen MR) is 53.4 cm³/mol. The van der Waals surface area contributed by atoms with Crippen molar-refractivity contribution in [1.82, 2.24) is 0 Å². The molecular formula is C11H12F2O3. The van der Waals surface area contributed by atoms with Crippen molar-refractivity contribution in [2.24, 2.45) is 0 Å². The fourth-order valence-corrected chi connectivity index (χ4v) is 1.49. The summed E-state index contributed by atoms with van der Waals surface area (Å²) in [6.45, 7) is 0.384. The van der Waals surface area contributed by atoms with Crippen molar-refractivity contribution in [3.8, 4) is 0 Å². The fraction of sp³-hybridized carbons (Fsp3) is 0.364. The Kier molecular flexibility index (Phi) is 3.95. The lowest BCUT2D eigenvalue weighted by atomic mass is 10.0. The molecule has 0 bridgehead atoms. The molecule has 0 saturated heterocycles. The zero-order chi connectivity index (χ0) is 12.3. The number of ether oxygens (including phenoxy) is 1. The molecule has 16 heavy (non-hydrogen) atoms. The molecule has 0 aliphatic heterocycles. The Hall–Kier alpha value is -1.49. The van der Waals surface area contributed by atoms with E-state index in [9.17, 15) is 13.6 Å². The van der Waals surface area contributed by atoms with Gasteiger partial charge >= 0.3 is 12.6 Å². The second-order valence-corrected chi connectivity index (χ2v) is 3.48. The maximum Gasteiger partial charge on any atom is 0.346 e. The maximum atomic E-state index is 12.1. The van der Waals surface area contributed by atoms with Crippen LogP contribution in [0.3, 0.4) is 0 Å². The van der Waals surface area contributed by atoms with Crippen LogP contribution >= 0.6 is 0 Å². The lowest BCUT2D eigenvalue weighted by Crippen LogP contribution is -2.19. The highest BCUT2D eigenvalue weighted by Gasteiger charge is 2.25. The molecule has 88 valence electrons. The number of carbonyl (C=O) groups is 1. The van der Waals surface area contributed by atoms with Gasteiger partial charge in [0.05, 0.1) is 0 Å². The molecule has 1 N–H and O–H groups in total. The fourth-order valence-electron chi connectivity index (χ4n) is 1.49. The third-order valence-corrected chi connectivity index (χ3v) is 2.17. The molecule has 1 unspecified atom stereocenters. The Morgan fingerprint density at radius 1 is 1.38 bits per heavy atom. The molecule has 0 aliphatic rings. The molecule has 3 nitrogen and oxygen atoms in total. The Balaban J connectivity index is 3.06. The van der Waals surface area contributed by atoms with Crippen molar-refractivity contribution in [3.05, 3.63) is 34.9 Å². The number of carboxylic acid groups (broad SMARTS) is 1. The largest absolute Gasteiger partial charge is 0.479 e. The number of benzene rings is 1. The normalized spacial score (nSPS) is 12.8. The molecule has 0 radical (unpaired) electrons. The van der Waals surface area contributed by atoms with Crippen molar-refractivity contribution in [1.29, 1.82) is 0 Å². The highest BCUT2D eigenvalue weighted by Crippen LogP contribution is 2.24. The van der Waals surface area contributed by atoms with Crippen LogP contribution in [0.15, 0.2) is 18.2 Å². The molecule has 0 amide bonds. The molecule has 0 fully saturated rings. The lowest BCUT2D eigenvalue weighted by Gasteiger charge is -2.15. The van der Waals surface area contributed by atoms with Crippen molar-refractivity contribution < 1.29 is 23.4 Å². The summed E-state index contributed by atoms with van der Waals surface area (Å²) in [6.07, 6.45) is -1.62. The Labute approximate surface area is 91.7 Å². The van der Waals surface area contributed by atoms with Gasteiger partial charge < -0.3 is 9.84 Å². The molecule has 0 aromatic heterocycles. The minimum atomic E-state index is -3.11. The Morgan fingerprint density at radius 2 is 2.00 bits per heavy atom. The molecule has 0 heterocycles. The number of halogens is 2. The van der Waals surface area contributed by atoms with Gasteiger partial charge in [-0.05, 0) is 25.0 Å². The van der Waals surface area contributed by atoms with Gasteiger partial charge in [0.1, 0.15) is 0 Å². The van der Waals surface area contributed by atoms with E-state index in [-0.39, 0.29) is 5.56 Å². The first-order valence-electron chi connectivity index (χ1n) is 4.65. The molecule has 1 aromatic rings. The molecule has 1 rings (SSSR count). The number of aryl methyl sites for hydroxylation is 2. The summed E-state index contributed by atoms with van der Waals surface area (Å²) in [4.78, 5) is 10.8. The highest BCUT2D eigenvalue weighted by molar-refractivity contribution is 5.75. The van der Waals surface area contributed by atoms with Crippen LogP contribution in [0.1, 0.15) is 22.8 Å². The smallest absolute Gasteiger partial charge is 0.346 e. The van der Waals surface area contributed by atoms with E-state index in [0.29, 0.717) is 5.56 Å². The van der Waals surface area contributed by atoms with Gasteiger partial charge in [-0.3, -0.25) is 0 Å². The number of alkyl halides is 2. The Bertz CT molecular complexity index is 391. The van der Waals surface area contributed by atoms with Crippen LogP contribution in [0, 0.1) is 13.8 Å². The molecular weight excluding hydrogens is 218 g/mol. The lowest BCUT2D eigenvalue weighted by molar-refractivity contribution is -0.188. The third-order valence-electron chi connectivity index (χ3n) is 2.17. The van der Waals surface area contributed by atoms with Crippen molar-refractivity contribution in [2.75, 3.05) is 0 Å². The average molecular weight is 230 g/mol. The summed E-state index contributed by atoms with van der Waals surface area (Å²) in [5.41, 5.74) is 1.80. The van der Waals surface area contributed by atoms with E-state index >= 15 is 0 Å². The summed E-state index contributed by atoms with van der Waals surface area (Å²) < 4.78 is 28.2. The van der Waals surface area contributed by atoms with Crippen molar-refractivity contribution in [3.63, 3.8) is 0 Å². The first-order chi connectivity index (χ1) is 7.41. The summed E-state index contributed by atoms with van der Waals surface area (Å²) in [7, 11) is 0. The van der Waals surface area contributed by atoms with Gasteiger partial charge in [-0.15, -0.1) is 0 Å². The Morgan fingerprint density at radius 3 is 2.44 bits per heavy atom. The maximum absolute atomic E-state index is 12.1. The number of aliphatic carboxylic acids is 1. The van der Waals surface area contributed by atoms with Crippen LogP contribution in [-0.2, 0) is 9.53 Å². The first kappa shape index (κ1) is 12.6. The van der Waals surface area contributed by atoms with E-state index in [0.717, 1.165) is 5.56 Å². The van der Waals surface area contributed by atoms with E-state index in [4.69, 9.17) is 5.11 Å². The topological polar surface area (TPSA) is 46.5 Å². The number of carboxylic acids is 1. The summed E-state index contributed by atoms with van der Waals surface area (Å²) >= 11 is 0. The van der Waals surface area contributed by atoms with Gasteiger partial charge in [0.25, 0.3) is 0 Å². The van der Waals surface area contributed by atoms with E-state index in [1.54, 1.807) is 19.1 Å². The number of hydrogen-bond donors (Lipinski definition) is 1. The van der Waals surface area contributed by atoms with Crippen LogP contribution in [0.5, 0.6) is 0 Å². The van der Waals surface area contributed by atoms with Crippen LogP contribution in [0.2, 0.25) is 0 Å². The van der Waals surface area contributed by atoms with Crippen LogP contribution in [0.4, 0.5) is 8.78 Å². The third kappa shape index (κ3) is 3.00. The quantitative estimate of drug-likeness (QED) is 0.864. The molecule has 0 aliphatic carbocycles.